The van der Waals surface area contributed by atoms with Gasteiger partial charge in [0.05, 0.1) is 11.4 Å². The first kappa shape index (κ1) is 15.5. The molecule has 0 aliphatic heterocycles. The average molecular weight is 275 g/mol. The molecule has 1 aromatic rings. The number of nitrogens with zero attached hydrogens (tertiary/aromatic N) is 2. The molecule has 0 unspecified atom stereocenters. The molecule has 1 N–H and O–H groups in total. The van der Waals surface area contributed by atoms with Crippen LogP contribution in [0.15, 0.2) is 18.2 Å². The highest BCUT2D eigenvalue weighted by Crippen LogP contribution is 2.28. The zero-order valence-corrected chi connectivity index (χ0v) is 13.1. The predicted octanol–water partition coefficient (Wildman–Crippen LogP) is 3.35. The van der Waals surface area contributed by atoms with Gasteiger partial charge in [0, 0.05) is 19.1 Å². The monoisotopic (exact) mass is 275 g/mol. The number of hydrogen-bond acceptors (Lipinski definition) is 3. The van der Waals surface area contributed by atoms with E-state index >= 15 is 0 Å². The second-order valence-electron chi connectivity index (χ2n) is 5.85. The van der Waals surface area contributed by atoms with Gasteiger partial charge in [-0.25, -0.2) is 0 Å². The Balaban J connectivity index is 1.88. The number of rotatable bonds is 10. The second kappa shape index (κ2) is 8.38. The molecule has 1 saturated carbocycles. The van der Waals surface area contributed by atoms with Gasteiger partial charge in [-0.05, 0) is 50.9 Å². The molecule has 112 valence electrons. The fourth-order valence-electron chi connectivity index (χ4n) is 2.51. The van der Waals surface area contributed by atoms with Gasteiger partial charge in [-0.1, -0.05) is 26.3 Å². The molecule has 0 amide bonds. The molecule has 1 aliphatic carbocycles. The minimum atomic E-state index is 0.824. The molecule has 1 aromatic heterocycles. The van der Waals surface area contributed by atoms with Crippen LogP contribution >= 0.6 is 0 Å². The van der Waals surface area contributed by atoms with Gasteiger partial charge in [-0.3, -0.25) is 9.88 Å². The zero-order valence-electron chi connectivity index (χ0n) is 13.1. The minimum absolute atomic E-state index is 0.824. The molecule has 2 rings (SSSR count). The van der Waals surface area contributed by atoms with Crippen molar-refractivity contribution in [3.05, 3.63) is 29.6 Å². The summed E-state index contributed by atoms with van der Waals surface area (Å²) >= 11 is 0. The molecule has 0 saturated heterocycles. The maximum Gasteiger partial charge on any atom is 0.0547 e. The summed E-state index contributed by atoms with van der Waals surface area (Å²) in [6.45, 7) is 8.66. The molecule has 0 radical (unpaired) electrons. The summed E-state index contributed by atoms with van der Waals surface area (Å²) in [6.07, 6.45) is 6.50. The highest BCUT2D eigenvalue weighted by atomic mass is 15.2. The molecule has 0 spiro atoms. The molecule has 3 nitrogen and oxygen atoms in total. The topological polar surface area (TPSA) is 28.2 Å². The first-order chi connectivity index (χ1) is 9.83. The first-order valence-electron chi connectivity index (χ1n) is 8.23. The summed E-state index contributed by atoms with van der Waals surface area (Å²) in [7, 11) is 0. The number of pyridine rings is 1. The van der Waals surface area contributed by atoms with E-state index in [0.717, 1.165) is 25.7 Å². The van der Waals surface area contributed by atoms with Crippen LogP contribution in [0.1, 0.15) is 57.3 Å². The number of nitrogens with one attached hydrogen (secondary N) is 1. The van der Waals surface area contributed by atoms with Gasteiger partial charge in [-0.15, -0.1) is 0 Å². The van der Waals surface area contributed by atoms with Crippen molar-refractivity contribution in [1.29, 1.82) is 0 Å². The largest absolute Gasteiger partial charge is 0.311 e. The number of hydrogen-bond donors (Lipinski definition) is 1. The Bertz CT molecular complexity index is 388. The van der Waals surface area contributed by atoms with E-state index in [-0.39, 0.29) is 0 Å². The van der Waals surface area contributed by atoms with Crippen molar-refractivity contribution in [2.24, 2.45) is 0 Å². The van der Waals surface area contributed by atoms with Gasteiger partial charge < -0.3 is 5.32 Å². The van der Waals surface area contributed by atoms with Crippen LogP contribution in [-0.2, 0) is 13.1 Å². The SMILES string of the molecule is CCCCN(Cc1cccc(CNCCC)n1)C1CC1. The van der Waals surface area contributed by atoms with Crippen LogP contribution in [-0.4, -0.2) is 29.0 Å². The lowest BCUT2D eigenvalue weighted by molar-refractivity contribution is 0.247. The molecule has 20 heavy (non-hydrogen) atoms. The molecular formula is C17H29N3. The quantitative estimate of drug-likeness (QED) is 0.664. The van der Waals surface area contributed by atoms with E-state index in [1.54, 1.807) is 0 Å². The summed E-state index contributed by atoms with van der Waals surface area (Å²) in [5.74, 6) is 0. The van der Waals surface area contributed by atoms with Crippen LogP contribution in [0.4, 0.5) is 0 Å². The summed E-state index contributed by atoms with van der Waals surface area (Å²) in [5.41, 5.74) is 2.39. The van der Waals surface area contributed by atoms with Gasteiger partial charge in [0.25, 0.3) is 0 Å². The standard InChI is InChI=1S/C17H29N3/c1-3-5-12-20(17-9-10-17)14-16-8-6-7-15(19-16)13-18-11-4-2/h6-8,17-18H,3-5,9-14H2,1-2H3. The molecule has 1 fully saturated rings. The van der Waals surface area contributed by atoms with Gasteiger partial charge in [0.1, 0.15) is 0 Å². The lowest BCUT2D eigenvalue weighted by Gasteiger charge is -2.21. The Hall–Kier alpha value is -0.930. The van der Waals surface area contributed by atoms with E-state index in [9.17, 15) is 0 Å². The van der Waals surface area contributed by atoms with Crippen LogP contribution in [0.2, 0.25) is 0 Å². The van der Waals surface area contributed by atoms with Crippen molar-refractivity contribution in [2.45, 2.75) is 65.1 Å². The van der Waals surface area contributed by atoms with Crippen LogP contribution in [0.3, 0.4) is 0 Å². The smallest absolute Gasteiger partial charge is 0.0547 e. The summed E-state index contributed by atoms with van der Waals surface area (Å²) < 4.78 is 0. The highest BCUT2D eigenvalue weighted by molar-refractivity contribution is 5.11. The third-order valence-corrected chi connectivity index (χ3v) is 3.82. The molecule has 0 bridgehead atoms. The van der Waals surface area contributed by atoms with Crippen LogP contribution in [0.25, 0.3) is 0 Å². The summed E-state index contributed by atoms with van der Waals surface area (Å²) in [5, 5.41) is 3.43. The van der Waals surface area contributed by atoms with E-state index in [2.05, 4.69) is 42.3 Å². The van der Waals surface area contributed by atoms with Crippen LogP contribution in [0.5, 0.6) is 0 Å². The van der Waals surface area contributed by atoms with Gasteiger partial charge in [0.2, 0.25) is 0 Å². The van der Waals surface area contributed by atoms with E-state index in [1.165, 1.54) is 50.0 Å². The lowest BCUT2D eigenvalue weighted by Crippen LogP contribution is -2.27. The molecule has 1 aliphatic rings. The molecule has 0 aromatic carbocycles. The first-order valence-corrected chi connectivity index (χ1v) is 8.23. The van der Waals surface area contributed by atoms with Gasteiger partial charge in [-0.2, -0.15) is 0 Å². The van der Waals surface area contributed by atoms with E-state index in [1.807, 2.05) is 0 Å². The molecule has 3 heteroatoms. The van der Waals surface area contributed by atoms with Gasteiger partial charge >= 0.3 is 0 Å². The second-order valence-corrected chi connectivity index (χ2v) is 5.85. The third-order valence-electron chi connectivity index (χ3n) is 3.82. The summed E-state index contributed by atoms with van der Waals surface area (Å²) in [6, 6.07) is 7.27. The third kappa shape index (κ3) is 5.22. The number of unbranched alkanes of at least 4 members (excludes halogenated alkanes) is 1. The molecule has 0 atom stereocenters. The minimum Gasteiger partial charge on any atom is -0.311 e. The average Bonchev–Trinajstić information content (AvgIpc) is 3.29. The van der Waals surface area contributed by atoms with E-state index in [0.29, 0.717) is 0 Å². The maximum atomic E-state index is 4.80. The van der Waals surface area contributed by atoms with Crippen molar-refractivity contribution in [2.75, 3.05) is 13.1 Å². The Morgan fingerprint density at radius 2 is 2.00 bits per heavy atom. The van der Waals surface area contributed by atoms with Crippen LogP contribution in [0, 0.1) is 0 Å². The van der Waals surface area contributed by atoms with Crippen molar-refractivity contribution in [3.8, 4) is 0 Å². The van der Waals surface area contributed by atoms with E-state index in [4.69, 9.17) is 4.98 Å². The van der Waals surface area contributed by atoms with Gasteiger partial charge in [0.15, 0.2) is 0 Å². The normalized spacial score (nSPS) is 14.9. The van der Waals surface area contributed by atoms with Crippen LogP contribution < -0.4 is 5.32 Å². The summed E-state index contributed by atoms with van der Waals surface area (Å²) in [4.78, 5) is 7.42. The lowest BCUT2D eigenvalue weighted by atomic mass is 10.2. The van der Waals surface area contributed by atoms with Crippen molar-refractivity contribution in [3.63, 3.8) is 0 Å². The van der Waals surface area contributed by atoms with Crippen molar-refractivity contribution < 1.29 is 0 Å². The van der Waals surface area contributed by atoms with E-state index < -0.39 is 0 Å². The zero-order chi connectivity index (χ0) is 14.2. The maximum absolute atomic E-state index is 4.80. The Morgan fingerprint density at radius 3 is 2.70 bits per heavy atom. The molecular weight excluding hydrogens is 246 g/mol. The Morgan fingerprint density at radius 1 is 1.20 bits per heavy atom. The Labute approximate surface area is 123 Å². The Kier molecular flexibility index (Phi) is 6.48. The van der Waals surface area contributed by atoms with Crippen molar-refractivity contribution >= 4 is 0 Å². The molecule has 1 heterocycles. The van der Waals surface area contributed by atoms with Crippen molar-refractivity contribution in [1.82, 2.24) is 15.2 Å². The number of aromatic nitrogens is 1. The fraction of sp³-hybridized carbons (Fsp3) is 0.706. The fourth-order valence-corrected chi connectivity index (χ4v) is 2.51. The predicted molar refractivity (Wildman–Crippen MR) is 84.6 cm³/mol. The highest BCUT2D eigenvalue weighted by Gasteiger charge is 2.28.